The minimum atomic E-state index is -0.904. The molecule has 8 heteroatoms. The number of nitrogens with one attached hydrogen (secondary N) is 1. The number of aliphatic carboxylic acids is 1. The molecule has 5 rings (SSSR count). The lowest BCUT2D eigenvalue weighted by Gasteiger charge is -2.25. The van der Waals surface area contributed by atoms with Crippen molar-refractivity contribution < 1.29 is 24.2 Å². The van der Waals surface area contributed by atoms with Crippen molar-refractivity contribution in [3.8, 4) is 11.5 Å². The van der Waals surface area contributed by atoms with Crippen LogP contribution in [0.1, 0.15) is 41.4 Å². The maximum Gasteiger partial charge on any atom is 0.411 e. The number of nitrogens with zero attached hydrogens (tertiary/aromatic N) is 2. The fourth-order valence-electron chi connectivity index (χ4n) is 4.79. The lowest BCUT2D eigenvalue weighted by Crippen LogP contribution is -2.31. The molecule has 0 aliphatic carbocycles. The molecule has 0 saturated carbocycles. The number of carbonyl (C=O) groups is 2. The topological polar surface area (TPSA) is 91.3 Å². The predicted molar refractivity (Wildman–Crippen MR) is 138 cm³/mol. The van der Waals surface area contributed by atoms with Crippen molar-refractivity contribution in [2.75, 3.05) is 7.05 Å². The Balaban J connectivity index is 1.45. The van der Waals surface area contributed by atoms with Crippen LogP contribution in [0.5, 0.6) is 11.5 Å². The number of carbonyl (C=O) groups excluding carboxylic acids is 1. The highest BCUT2D eigenvalue weighted by Gasteiger charge is 2.40. The molecule has 3 atom stereocenters. The van der Waals surface area contributed by atoms with E-state index in [2.05, 4.69) is 10.2 Å². The first-order valence-corrected chi connectivity index (χ1v) is 12.2. The SMILES string of the molecule is C[C@H]1[C@@H](c2ccccc2)OC(=O)N1Cc1cc(C2NC=CN2C)ccc1Oc1cccc(CC(=O)O)c1. The Bertz CT molecular complexity index is 1330. The van der Waals surface area contributed by atoms with E-state index in [9.17, 15) is 9.59 Å². The predicted octanol–water partition coefficient (Wildman–Crippen LogP) is 5.19. The van der Waals surface area contributed by atoms with Crippen LogP contribution in [-0.2, 0) is 22.5 Å². The summed E-state index contributed by atoms with van der Waals surface area (Å²) in [4.78, 5) is 27.9. The number of carboxylic acid groups (broad SMARTS) is 1. The number of cyclic esters (lactones) is 1. The highest BCUT2D eigenvalue weighted by molar-refractivity contribution is 5.71. The van der Waals surface area contributed by atoms with E-state index in [1.807, 2.05) is 74.9 Å². The number of carboxylic acids is 1. The van der Waals surface area contributed by atoms with E-state index in [-0.39, 0.29) is 30.8 Å². The molecule has 2 aliphatic rings. The van der Waals surface area contributed by atoms with Crippen LogP contribution in [0.3, 0.4) is 0 Å². The monoisotopic (exact) mass is 499 g/mol. The molecule has 3 aromatic rings. The van der Waals surface area contributed by atoms with Crippen LogP contribution in [0, 0.1) is 0 Å². The van der Waals surface area contributed by atoms with Crippen molar-refractivity contribution >= 4 is 12.1 Å². The van der Waals surface area contributed by atoms with Crippen LogP contribution in [-0.4, -0.2) is 40.1 Å². The lowest BCUT2D eigenvalue weighted by molar-refractivity contribution is -0.136. The standard InChI is InChI=1S/C29H29N3O5/c1-19-27(21-8-4-3-5-9-21)37-29(35)32(19)18-23-17-22(28-30-13-14-31(28)2)11-12-25(23)36-24-10-6-7-20(15-24)16-26(33)34/h3-15,17,19,27-28,30H,16,18H2,1-2H3,(H,33,34)/t19-,27-,28?/m0/s1. The molecule has 2 aliphatic heterocycles. The summed E-state index contributed by atoms with van der Waals surface area (Å²) in [7, 11) is 1.99. The molecule has 1 saturated heterocycles. The highest BCUT2D eigenvalue weighted by Crippen LogP contribution is 2.36. The van der Waals surface area contributed by atoms with E-state index in [1.54, 1.807) is 29.2 Å². The van der Waals surface area contributed by atoms with Gasteiger partial charge in [-0.3, -0.25) is 9.69 Å². The molecule has 0 aromatic heterocycles. The van der Waals surface area contributed by atoms with Gasteiger partial charge < -0.3 is 24.8 Å². The van der Waals surface area contributed by atoms with Gasteiger partial charge in [0, 0.05) is 25.0 Å². The van der Waals surface area contributed by atoms with Crippen LogP contribution in [0.25, 0.3) is 0 Å². The van der Waals surface area contributed by atoms with Crippen LogP contribution >= 0.6 is 0 Å². The van der Waals surface area contributed by atoms with Crippen molar-refractivity contribution in [1.82, 2.24) is 15.1 Å². The van der Waals surface area contributed by atoms with Gasteiger partial charge in [0.1, 0.15) is 23.8 Å². The van der Waals surface area contributed by atoms with Crippen LogP contribution in [0.2, 0.25) is 0 Å². The molecule has 1 amide bonds. The summed E-state index contributed by atoms with van der Waals surface area (Å²) < 4.78 is 12.0. The first kappa shape index (κ1) is 24.2. The van der Waals surface area contributed by atoms with Crippen LogP contribution < -0.4 is 10.1 Å². The molecular formula is C29H29N3O5. The Kier molecular flexibility index (Phi) is 6.72. The van der Waals surface area contributed by atoms with Gasteiger partial charge >= 0.3 is 12.1 Å². The minimum absolute atomic E-state index is 0.0354. The van der Waals surface area contributed by atoms with Gasteiger partial charge in [0.15, 0.2) is 0 Å². The summed E-state index contributed by atoms with van der Waals surface area (Å²) in [5.41, 5.74) is 3.44. The van der Waals surface area contributed by atoms with E-state index in [0.29, 0.717) is 23.6 Å². The average Bonchev–Trinajstić information content (AvgIpc) is 3.43. The second-order valence-corrected chi connectivity index (χ2v) is 9.32. The summed E-state index contributed by atoms with van der Waals surface area (Å²) in [6.07, 6.45) is 3.00. The Labute approximate surface area is 215 Å². The summed E-state index contributed by atoms with van der Waals surface area (Å²) in [5.74, 6) is 0.219. The van der Waals surface area contributed by atoms with E-state index >= 15 is 0 Å². The third kappa shape index (κ3) is 5.23. The van der Waals surface area contributed by atoms with Gasteiger partial charge in [-0.2, -0.15) is 0 Å². The number of hydrogen-bond donors (Lipinski definition) is 2. The average molecular weight is 500 g/mol. The molecule has 2 heterocycles. The molecule has 37 heavy (non-hydrogen) atoms. The maximum absolute atomic E-state index is 13.0. The number of benzene rings is 3. The van der Waals surface area contributed by atoms with Gasteiger partial charge in [-0.25, -0.2) is 4.79 Å². The van der Waals surface area contributed by atoms with Gasteiger partial charge in [0.05, 0.1) is 19.0 Å². The number of hydrogen-bond acceptors (Lipinski definition) is 6. The summed E-state index contributed by atoms with van der Waals surface area (Å²) in [6, 6.07) is 22.5. The van der Waals surface area contributed by atoms with E-state index < -0.39 is 5.97 Å². The van der Waals surface area contributed by atoms with Crippen molar-refractivity contribution in [1.29, 1.82) is 0 Å². The zero-order chi connectivity index (χ0) is 25.9. The van der Waals surface area contributed by atoms with Crippen molar-refractivity contribution in [3.05, 3.63) is 107 Å². The Morgan fingerprint density at radius 3 is 2.59 bits per heavy atom. The highest BCUT2D eigenvalue weighted by atomic mass is 16.6. The molecule has 1 fully saturated rings. The molecule has 3 aromatic carbocycles. The van der Waals surface area contributed by atoms with E-state index in [0.717, 1.165) is 16.7 Å². The first-order chi connectivity index (χ1) is 17.9. The third-order valence-electron chi connectivity index (χ3n) is 6.71. The van der Waals surface area contributed by atoms with Gasteiger partial charge in [-0.1, -0.05) is 48.5 Å². The van der Waals surface area contributed by atoms with Crippen LogP contribution in [0.4, 0.5) is 4.79 Å². The second-order valence-electron chi connectivity index (χ2n) is 9.32. The fourth-order valence-corrected chi connectivity index (χ4v) is 4.79. The van der Waals surface area contributed by atoms with Gasteiger partial charge in [0.2, 0.25) is 0 Å². The molecular weight excluding hydrogens is 470 g/mol. The Hall–Kier alpha value is -4.46. The van der Waals surface area contributed by atoms with Crippen molar-refractivity contribution in [3.63, 3.8) is 0 Å². The van der Waals surface area contributed by atoms with Crippen LogP contribution in [0.15, 0.2) is 85.2 Å². The van der Waals surface area contributed by atoms with Gasteiger partial charge in [-0.05, 0) is 47.9 Å². The number of rotatable bonds is 8. The molecule has 190 valence electrons. The minimum Gasteiger partial charge on any atom is -0.481 e. The Morgan fingerprint density at radius 2 is 1.86 bits per heavy atom. The molecule has 0 radical (unpaired) electrons. The number of amides is 1. The molecule has 0 spiro atoms. The van der Waals surface area contributed by atoms with Gasteiger partial charge in [0.25, 0.3) is 0 Å². The molecule has 8 nitrogen and oxygen atoms in total. The zero-order valence-corrected chi connectivity index (χ0v) is 20.7. The zero-order valence-electron chi connectivity index (χ0n) is 20.7. The maximum atomic E-state index is 13.0. The molecule has 1 unspecified atom stereocenters. The lowest BCUT2D eigenvalue weighted by atomic mass is 10.0. The van der Waals surface area contributed by atoms with E-state index in [4.69, 9.17) is 14.6 Å². The summed E-state index contributed by atoms with van der Waals surface area (Å²) in [6.45, 7) is 2.28. The first-order valence-electron chi connectivity index (χ1n) is 12.2. The molecule has 0 bridgehead atoms. The van der Waals surface area contributed by atoms with E-state index in [1.165, 1.54) is 0 Å². The van der Waals surface area contributed by atoms with Crippen molar-refractivity contribution in [2.24, 2.45) is 0 Å². The summed E-state index contributed by atoms with van der Waals surface area (Å²) in [5, 5.41) is 12.5. The summed E-state index contributed by atoms with van der Waals surface area (Å²) >= 11 is 0. The normalized spacial score (nSPS) is 20.6. The van der Waals surface area contributed by atoms with Gasteiger partial charge in [-0.15, -0.1) is 0 Å². The smallest absolute Gasteiger partial charge is 0.411 e. The molecule has 2 N–H and O–H groups in total. The second kappa shape index (κ2) is 10.3. The Morgan fingerprint density at radius 1 is 1.05 bits per heavy atom. The quantitative estimate of drug-likeness (QED) is 0.441. The largest absolute Gasteiger partial charge is 0.481 e. The number of ether oxygens (including phenoxy) is 2. The van der Waals surface area contributed by atoms with Crippen molar-refractivity contribution in [2.45, 2.75) is 38.2 Å². The third-order valence-corrected chi connectivity index (χ3v) is 6.71. The fraction of sp³-hybridized carbons (Fsp3) is 0.241.